The molecule has 1 rings (SSSR count). The van der Waals surface area contributed by atoms with Gasteiger partial charge in [-0.05, 0) is 43.7 Å². The van der Waals surface area contributed by atoms with Gasteiger partial charge >= 0.3 is 0 Å². The highest BCUT2D eigenvalue weighted by atomic mass is 15.2. The predicted molar refractivity (Wildman–Crippen MR) is 66.8 cm³/mol. The van der Waals surface area contributed by atoms with E-state index in [1.165, 1.54) is 25.9 Å². The molecule has 2 heteroatoms. The van der Waals surface area contributed by atoms with Crippen LogP contribution in [0.15, 0.2) is 0 Å². The van der Waals surface area contributed by atoms with E-state index in [0.717, 1.165) is 24.4 Å². The van der Waals surface area contributed by atoms with Crippen LogP contribution in [0.3, 0.4) is 0 Å². The second-order valence-electron chi connectivity index (χ2n) is 5.48. The molecule has 0 amide bonds. The summed E-state index contributed by atoms with van der Waals surface area (Å²) in [6.45, 7) is 12.7. The molecule has 0 radical (unpaired) electrons. The predicted octanol–water partition coefficient (Wildman–Crippen LogP) is 2.34. The summed E-state index contributed by atoms with van der Waals surface area (Å²) in [6, 6.07) is 0.756. The van der Waals surface area contributed by atoms with Crippen molar-refractivity contribution in [3.05, 3.63) is 0 Å². The van der Waals surface area contributed by atoms with E-state index in [0.29, 0.717) is 5.92 Å². The maximum absolute atomic E-state index is 5.85. The Morgan fingerprint density at radius 3 is 2.53 bits per heavy atom. The molecule has 1 aliphatic rings. The summed E-state index contributed by atoms with van der Waals surface area (Å²) in [4.78, 5) is 2.67. The van der Waals surface area contributed by atoms with Gasteiger partial charge in [-0.3, -0.25) is 4.90 Å². The summed E-state index contributed by atoms with van der Waals surface area (Å²) in [7, 11) is 0. The van der Waals surface area contributed by atoms with Gasteiger partial charge in [0.05, 0.1) is 0 Å². The Labute approximate surface area is 95.2 Å². The van der Waals surface area contributed by atoms with Crippen molar-refractivity contribution >= 4 is 0 Å². The third-order valence-electron chi connectivity index (χ3n) is 4.11. The highest BCUT2D eigenvalue weighted by molar-refractivity contribution is 4.83. The zero-order valence-electron chi connectivity index (χ0n) is 10.9. The van der Waals surface area contributed by atoms with Crippen molar-refractivity contribution in [1.82, 2.24) is 4.90 Å². The highest BCUT2D eigenvalue weighted by Gasteiger charge is 2.29. The smallest absolute Gasteiger partial charge is 0.0116 e. The van der Waals surface area contributed by atoms with Crippen LogP contribution in [0.5, 0.6) is 0 Å². The topological polar surface area (TPSA) is 29.3 Å². The molecule has 15 heavy (non-hydrogen) atoms. The van der Waals surface area contributed by atoms with Gasteiger partial charge in [0.2, 0.25) is 0 Å². The summed E-state index contributed by atoms with van der Waals surface area (Å²) in [6.07, 6.45) is 2.59. The lowest BCUT2D eigenvalue weighted by atomic mass is 9.85. The summed E-state index contributed by atoms with van der Waals surface area (Å²) >= 11 is 0. The van der Waals surface area contributed by atoms with Gasteiger partial charge in [0, 0.05) is 12.6 Å². The van der Waals surface area contributed by atoms with Gasteiger partial charge in [-0.15, -0.1) is 0 Å². The van der Waals surface area contributed by atoms with Crippen LogP contribution in [-0.4, -0.2) is 30.6 Å². The fraction of sp³-hybridized carbons (Fsp3) is 1.00. The van der Waals surface area contributed by atoms with Crippen molar-refractivity contribution in [2.24, 2.45) is 23.5 Å². The molecular weight excluding hydrogens is 184 g/mol. The lowest BCUT2D eigenvalue weighted by molar-refractivity contribution is 0.0678. The van der Waals surface area contributed by atoms with Gasteiger partial charge < -0.3 is 5.73 Å². The SMILES string of the molecule is CCC(C(C)C)N1CCC(C)C(CN)C1. The van der Waals surface area contributed by atoms with Crippen LogP contribution in [0.25, 0.3) is 0 Å². The van der Waals surface area contributed by atoms with Crippen LogP contribution in [0.1, 0.15) is 40.5 Å². The molecule has 1 saturated heterocycles. The number of nitrogens with two attached hydrogens (primary N) is 1. The molecule has 0 spiro atoms. The maximum Gasteiger partial charge on any atom is 0.0116 e. The molecule has 0 bridgehead atoms. The Hall–Kier alpha value is -0.0800. The van der Waals surface area contributed by atoms with Gasteiger partial charge in [-0.25, -0.2) is 0 Å². The van der Waals surface area contributed by atoms with E-state index in [1.54, 1.807) is 0 Å². The molecule has 1 fully saturated rings. The van der Waals surface area contributed by atoms with Gasteiger partial charge in [-0.2, -0.15) is 0 Å². The quantitative estimate of drug-likeness (QED) is 0.775. The van der Waals surface area contributed by atoms with Crippen molar-refractivity contribution < 1.29 is 0 Å². The van der Waals surface area contributed by atoms with Gasteiger partial charge in [0.1, 0.15) is 0 Å². The monoisotopic (exact) mass is 212 g/mol. The lowest BCUT2D eigenvalue weighted by Crippen LogP contribution is -2.48. The van der Waals surface area contributed by atoms with Crippen molar-refractivity contribution in [1.29, 1.82) is 0 Å². The average molecular weight is 212 g/mol. The van der Waals surface area contributed by atoms with Crippen LogP contribution in [-0.2, 0) is 0 Å². The molecule has 3 atom stereocenters. The van der Waals surface area contributed by atoms with Crippen LogP contribution in [0.4, 0.5) is 0 Å². The molecule has 3 unspecified atom stereocenters. The van der Waals surface area contributed by atoms with Crippen molar-refractivity contribution in [3.63, 3.8) is 0 Å². The fourth-order valence-corrected chi connectivity index (χ4v) is 2.94. The Morgan fingerprint density at radius 2 is 2.07 bits per heavy atom. The molecule has 0 aromatic carbocycles. The summed E-state index contributed by atoms with van der Waals surface area (Å²) < 4.78 is 0. The minimum Gasteiger partial charge on any atom is -0.330 e. The van der Waals surface area contributed by atoms with Crippen LogP contribution in [0, 0.1) is 17.8 Å². The Morgan fingerprint density at radius 1 is 1.40 bits per heavy atom. The normalized spacial score (nSPS) is 30.8. The minimum absolute atomic E-state index is 0.714. The van der Waals surface area contributed by atoms with Gasteiger partial charge in [0.25, 0.3) is 0 Å². The average Bonchev–Trinajstić information content (AvgIpc) is 2.21. The minimum atomic E-state index is 0.714. The molecule has 90 valence electrons. The zero-order chi connectivity index (χ0) is 11.4. The van der Waals surface area contributed by atoms with Crippen molar-refractivity contribution in [2.75, 3.05) is 19.6 Å². The van der Waals surface area contributed by atoms with Crippen LogP contribution < -0.4 is 5.73 Å². The van der Waals surface area contributed by atoms with E-state index in [2.05, 4.69) is 32.6 Å². The zero-order valence-corrected chi connectivity index (χ0v) is 10.9. The number of piperidine rings is 1. The molecule has 0 saturated carbocycles. The molecule has 0 aromatic heterocycles. The van der Waals surface area contributed by atoms with Gasteiger partial charge in [-0.1, -0.05) is 27.7 Å². The first-order chi connectivity index (χ1) is 7.10. The second-order valence-corrected chi connectivity index (χ2v) is 5.48. The second kappa shape index (κ2) is 5.86. The molecule has 1 heterocycles. The van der Waals surface area contributed by atoms with Crippen molar-refractivity contribution in [2.45, 2.75) is 46.6 Å². The number of nitrogens with zero attached hydrogens (tertiary/aromatic N) is 1. The van der Waals surface area contributed by atoms with E-state index in [9.17, 15) is 0 Å². The first kappa shape index (κ1) is 13.0. The molecule has 1 aliphatic heterocycles. The summed E-state index contributed by atoms with van der Waals surface area (Å²) in [5.41, 5.74) is 5.85. The Balaban J connectivity index is 2.56. The Kier molecular flexibility index (Phi) is 5.07. The number of likely N-dealkylation sites (tertiary alicyclic amines) is 1. The number of hydrogen-bond acceptors (Lipinski definition) is 2. The first-order valence-electron chi connectivity index (χ1n) is 6.54. The third-order valence-corrected chi connectivity index (χ3v) is 4.11. The Bertz CT molecular complexity index is 179. The van der Waals surface area contributed by atoms with E-state index in [1.807, 2.05) is 0 Å². The van der Waals surface area contributed by atoms with E-state index in [-0.39, 0.29) is 0 Å². The highest BCUT2D eigenvalue weighted by Crippen LogP contribution is 2.26. The molecule has 0 aromatic rings. The van der Waals surface area contributed by atoms with Crippen LogP contribution >= 0.6 is 0 Å². The van der Waals surface area contributed by atoms with Crippen molar-refractivity contribution in [3.8, 4) is 0 Å². The largest absolute Gasteiger partial charge is 0.330 e. The number of hydrogen-bond donors (Lipinski definition) is 1. The summed E-state index contributed by atoms with van der Waals surface area (Å²) in [5.74, 6) is 2.30. The van der Waals surface area contributed by atoms with E-state index >= 15 is 0 Å². The number of rotatable bonds is 4. The summed E-state index contributed by atoms with van der Waals surface area (Å²) in [5, 5.41) is 0. The van der Waals surface area contributed by atoms with E-state index in [4.69, 9.17) is 5.73 Å². The molecule has 2 N–H and O–H groups in total. The lowest BCUT2D eigenvalue weighted by Gasteiger charge is -2.42. The fourth-order valence-electron chi connectivity index (χ4n) is 2.94. The maximum atomic E-state index is 5.85. The molecular formula is C13H28N2. The molecule has 0 aliphatic carbocycles. The molecule has 2 nitrogen and oxygen atoms in total. The van der Waals surface area contributed by atoms with Crippen LogP contribution in [0.2, 0.25) is 0 Å². The van der Waals surface area contributed by atoms with E-state index < -0.39 is 0 Å². The van der Waals surface area contributed by atoms with Gasteiger partial charge in [0.15, 0.2) is 0 Å². The first-order valence-corrected chi connectivity index (χ1v) is 6.54. The third kappa shape index (κ3) is 3.18. The standard InChI is InChI=1S/C13H28N2/c1-5-13(10(2)3)15-7-6-11(4)12(8-14)9-15/h10-13H,5-9,14H2,1-4H3.